The number of imidazole rings is 1. The lowest BCUT2D eigenvalue weighted by molar-refractivity contribution is -0.681. The quantitative estimate of drug-likeness (QED) is 0.723. The first-order valence-electron chi connectivity index (χ1n) is 7.65. The van der Waals surface area contributed by atoms with E-state index in [1.807, 2.05) is 77.0 Å². The first-order chi connectivity index (χ1) is 11.2. The van der Waals surface area contributed by atoms with Gasteiger partial charge in [0.1, 0.15) is 0 Å². The third-order valence-corrected chi connectivity index (χ3v) is 3.99. The fourth-order valence-corrected chi connectivity index (χ4v) is 2.67. The zero-order valence-corrected chi connectivity index (χ0v) is 13.1. The summed E-state index contributed by atoms with van der Waals surface area (Å²) in [4.78, 5) is 12.5. The number of para-hydroxylation sites is 2. The van der Waals surface area contributed by atoms with Gasteiger partial charge in [0, 0.05) is 6.54 Å². The molecule has 0 unspecified atom stereocenters. The number of hydrogen-bond acceptors (Lipinski definition) is 1. The Morgan fingerprint density at radius 1 is 1.22 bits per heavy atom. The first-order valence-corrected chi connectivity index (χ1v) is 7.65. The summed E-state index contributed by atoms with van der Waals surface area (Å²) in [5, 5.41) is 2.99. The number of aromatic nitrogens is 2. The highest BCUT2D eigenvalue weighted by Crippen LogP contribution is 2.13. The standard InChI is InChI=1S/C19H19N3O/c1-3-21-14-22(18-12-8-7-11-17(18)21)15(2)19(23)20-13-16-9-5-4-6-10-16/h3-12,14-15H,1,13H2,2H3/p+1/t15-/m1/s1. The topological polar surface area (TPSA) is 37.9 Å². The zero-order chi connectivity index (χ0) is 16.2. The number of fused-ring (bicyclic) bond motifs is 1. The second-order valence-electron chi connectivity index (χ2n) is 5.48. The molecule has 2 aromatic carbocycles. The van der Waals surface area contributed by atoms with Crippen molar-refractivity contribution < 1.29 is 9.36 Å². The Kier molecular flexibility index (Phi) is 4.24. The summed E-state index contributed by atoms with van der Waals surface area (Å²) in [5.41, 5.74) is 3.13. The summed E-state index contributed by atoms with van der Waals surface area (Å²) in [5.74, 6) is -0.00850. The summed E-state index contributed by atoms with van der Waals surface area (Å²) >= 11 is 0. The van der Waals surface area contributed by atoms with E-state index in [2.05, 4.69) is 11.9 Å². The van der Waals surface area contributed by atoms with Crippen molar-refractivity contribution in [3.05, 3.63) is 73.1 Å². The van der Waals surface area contributed by atoms with Crippen molar-refractivity contribution in [3.63, 3.8) is 0 Å². The van der Waals surface area contributed by atoms with Crippen LogP contribution in [0.3, 0.4) is 0 Å². The van der Waals surface area contributed by atoms with Gasteiger partial charge in [-0.2, -0.15) is 0 Å². The maximum atomic E-state index is 12.5. The SMILES string of the molecule is C=Cn1c[n+]([C@H](C)C(=O)NCc2ccccc2)c2ccccc21. The Balaban J connectivity index is 1.81. The molecule has 0 aliphatic heterocycles. The van der Waals surface area contributed by atoms with Crippen LogP contribution in [-0.4, -0.2) is 10.5 Å². The van der Waals surface area contributed by atoms with Gasteiger partial charge in [0.25, 0.3) is 5.91 Å². The Hall–Kier alpha value is -2.88. The van der Waals surface area contributed by atoms with Crippen molar-refractivity contribution in [2.45, 2.75) is 19.5 Å². The van der Waals surface area contributed by atoms with Gasteiger partial charge in [-0.05, 0) is 24.6 Å². The van der Waals surface area contributed by atoms with Crippen LogP contribution < -0.4 is 9.88 Å². The number of hydrogen-bond donors (Lipinski definition) is 1. The minimum Gasteiger partial charge on any atom is -0.348 e. The highest BCUT2D eigenvalue weighted by molar-refractivity contribution is 5.80. The smallest absolute Gasteiger partial charge is 0.265 e. The number of carbonyl (C=O) groups is 1. The molecule has 0 fully saturated rings. The monoisotopic (exact) mass is 306 g/mol. The van der Waals surface area contributed by atoms with Gasteiger partial charge in [-0.3, -0.25) is 4.79 Å². The van der Waals surface area contributed by atoms with Gasteiger partial charge < -0.3 is 5.32 Å². The van der Waals surface area contributed by atoms with Crippen LogP contribution in [-0.2, 0) is 11.3 Å². The average molecular weight is 306 g/mol. The van der Waals surface area contributed by atoms with E-state index in [1.54, 1.807) is 6.20 Å². The van der Waals surface area contributed by atoms with Crippen LogP contribution in [0.25, 0.3) is 17.2 Å². The van der Waals surface area contributed by atoms with E-state index in [4.69, 9.17) is 0 Å². The van der Waals surface area contributed by atoms with Gasteiger partial charge in [-0.15, -0.1) is 0 Å². The maximum Gasteiger partial charge on any atom is 0.265 e. The van der Waals surface area contributed by atoms with Crippen LogP contribution in [0.5, 0.6) is 0 Å². The molecule has 116 valence electrons. The predicted molar refractivity (Wildman–Crippen MR) is 91.5 cm³/mol. The number of nitrogens with zero attached hydrogens (tertiary/aromatic N) is 2. The molecule has 0 spiro atoms. The molecule has 4 nitrogen and oxygen atoms in total. The zero-order valence-electron chi connectivity index (χ0n) is 13.1. The van der Waals surface area contributed by atoms with Crippen molar-refractivity contribution >= 4 is 23.1 Å². The molecule has 0 aliphatic carbocycles. The number of rotatable bonds is 5. The molecule has 4 heteroatoms. The van der Waals surface area contributed by atoms with E-state index < -0.39 is 0 Å². The van der Waals surface area contributed by atoms with E-state index in [9.17, 15) is 4.79 Å². The minimum atomic E-state index is -0.301. The predicted octanol–water partition coefficient (Wildman–Crippen LogP) is 2.91. The van der Waals surface area contributed by atoms with E-state index in [-0.39, 0.29) is 11.9 Å². The summed E-state index contributed by atoms with van der Waals surface area (Å²) in [6, 6.07) is 17.6. The van der Waals surface area contributed by atoms with Crippen molar-refractivity contribution in [1.82, 2.24) is 9.88 Å². The summed E-state index contributed by atoms with van der Waals surface area (Å²) < 4.78 is 3.90. The molecule has 1 heterocycles. The van der Waals surface area contributed by atoms with Gasteiger partial charge in [-0.25, -0.2) is 9.13 Å². The molecule has 3 rings (SSSR count). The third kappa shape index (κ3) is 3.01. The molecule has 0 aliphatic rings. The largest absolute Gasteiger partial charge is 0.348 e. The highest BCUT2D eigenvalue weighted by atomic mass is 16.2. The maximum absolute atomic E-state index is 12.5. The Bertz CT molecular complexity index is 836. The van der Waals surface area contributed by atoms with E-state index in [1.165, 1.54) is 0 Å². The summed E-state index contributed by atoms with van der Waals surface area (Å²) in [7, 11) is 0. The van der Waals surface area contributed by atoms with Gasteiger partial charge >= 0.3 is 0 Å². The number of nitrogens with one attached hydrogen (secondary N) is 1. The van der Waals surface area contributed by atoms with E-state index in [0.717, 1.165) is 16.6 Å². The molecule has 0 radical (unpaired) electrons. The average Bonchev–Trinajstić information content (AvgIpc) is 2.98. The van der Waals surface area contributed by atoms with Gasteiger partial charge in [0.15, 0.2) is 17.1 Å². The summed E-state index contributed by atoms with van der Waals surface area (Å²) in [6.45, 7) is 6.26. The molecule has 23 heavy (non-hydrogen) atoms. The Morgan fingerprint density at radius 2 is 1.91 bits per heavy atom. The second-order valence-corrected chi connectivity index (χ2v) is 5.48. The van der Waals surface area contributed by atoms with Crippen LogP contribution in [0, 0.1) is 0 Å². The molecule has 1 amide bonds. The number of carbonyl (C=O) groups excluding carboxylic acids is 1. The van der Waals surface area contributed by atoms with E-state index >= 15 is 0 Å². The third-order valence-electron chi connectivity index (χ3n) is 3.99. The van der Waals surface area contributed by atoms with Crippen LogP contribution in [0.4, 0.5) is 0 Å². The van der Waals surface area contributed by atoms with Gasteiger partial charge in [-0.1, -0.05) is 49.0 Å². The second kappa shape index (κ2) is 6.48. The van der Waals surface area contributed by atoms with Crippen molar-refractivity contribution in [1.29, 1.82) is 0 Å². The van der Waals surface area contributed by atoms with Crippen LogP contribution in [0.15, 0.2) is 67.5 Å². The highest BCUT2D eigenvalue weighted by Gasteiger charge is 2.24. The van der Waals surface area contributed by atoms with Crippen LogP contribution in [0.1, 0.15) is 18.5 Å². The normalized spacial score (nSPS) is 12.0. The van der Waals surface area contributed by atoms with Gasteiger partial charge in [0.05, 0.1) is 6.20 Å². The van der Waals surface area contributed by atoms with Crippen LogP contribution >= 0.6 is 0 Å². The molecule has 1 N–H and O–H groups in total. The van der Waals surface area contributed by atoms with Crippen molar-refractivity contribution in [2.75, 3.05) is 0 Å². The molecule has 0 saturated heterocycles. The lowest BCUT2D eigenvalue weighted by Gasteiger charge is -2.10. The molecule has 1 aromatic heterocycles. The summed E-state index contributed by atoms with van der Waals surface area (Å²) in [6.07, 6.45) is 3.65. The molecular formula is C19H20N3O+. The number of amides is 1. The molecule has 0 bridgehead atoms. The van der Waals surface area contributed by atoms with Gasteiger partial charge in [0.2, 0.25) is 6.33 Å². The minimum absolute atomic E-state index is 0.00850. The van der Waals surface area contributed by atoms with E-state index in [0.29, 0.717) is 6.54 Å². The van der Waals surface area contributed by atoms with Crippen molar-refractivity contribution in [2.24, 2.45) is 0 Å². The lowest BCUT2D eigenvalue weighted by Crippen LogP contribution is -2.46. The fourth-order valence-electron chi connectivity index (χ4n) is 2.67. The molecular weight excluding hydrogens is 286 g/mol. The van der Waals surface area contributed by atoms with Crippen LogP contribution in [0.2, 0.25) is 0 Å². The fraction of sp³-hybridized carbons (Fsp3) is 0.158. The molecule has 1 atom stereocenters. The Labute approximate surface area is 135 Å². The molecule has 0 saturated carbocycles. The number of benzene rings is 2. The lowest BCUT2D eigenvalue weighted by atomic mass is 10.2. The van der Waals surface area contributed by atoms with Crippen molar-refractivity contribution in [3.8, 4) is 0 Å². The first kappa shape index (κ1) is 15.0. The molecule has 3 aromatic rings. The Morgan fingerprint density at radius 3 is 2.65 bits per heavy atom.